The summed E-state index contributed by atoms with van der Waals surface area (Å²) >= 11 is 0. The maximum Gasteiger partial charge on any atom is 0.434 e. The number of nitrogens with zero attached hydrogens (tertiary/aromatic N) is 5. The maximum atomic E-state index is 13.3. The number of hydrogen-bond donors (Lipinski definition) is 2. The highest BCUT2D eigenvalue weighted by Gasteiger charge is 2.40. The number of aromatic nitrogens is 5. The number of hydrogen-bond acceptors (Lipinski definition) is 5. The number of carbonyl (C=O) groups is 2. The zero-order valence-electron chi connectivity index (χ0n) is 15.8. The fourth-order valence-corrected chi connectivity index (χ4v) is 3.04. The summed E-state index contributed by atoms with van der Waals surface area (Å²) in [5.41, 5.74) is -0.418. The Morgan fingerprint density at radius 1 is 1.10 bits per heavy atom. The van der Waals surface area contributed by atoms with Gasteiger partial charge in [-0.1, -0.05) is 5.21 Å². The lowest BCUT2D eigenvalue weighted by molar-refractivity contribution is -0.143. The van der Waals surface area contributed by atoms with E-state index in [1.807, 2.05) is 0 Å². The number of benzene rings is 2. The molecule has 0 unspecified atom stereocenters. The Bertz CT molecular complexity index is 1310. The van der Waals surface area contributed by atoms with Crippen molar-refractivity contribution in [1.29, 1.82) is 0 Å². The lowest BCUT2D eigenvalue weighted by Gasteiger charge is -2.12. The summed E-state index contributed by atoms with van der Waals surface area (Å²) in [6, 6.07) is 10.2. The van der Waals surface area contributed by atoms with Crippen molar-refractivity contribution in [3.05, 3.63) is 65.5 Å². The molecule has 0 fully saturated rings. The van der Waals surface area contributed by atoms with Crippen molar-refractivity contribution in [1.82, 2.24) is 24.8 Å². The molecule has 0 radical (unpaired) electrons. The van der Waals surface area contributed by atoms with Gasteiger partial charge in [-0.3, -0.25) is 4.79 Å². The minimum atomic E-state index is -4.92. The van der Waals surface area contributed by atoms with Crippen molar-refractivity contribution in [3.63, 3.8) is 0 Å². The van der Waals surface area contributed by atoms with Crippen LogP contribution in [0.2, 0.25) is 0 Å². The van der Waals surface area contributed by atoms with Crippen LogP contribution in [0.3, 0.4) is 0 Å². The predicted octanol–water partition coefficient (Wildman–Crippen LogP) is 3.12. The van der Waals surface area contributed by atoms with E-state index < -0.39 is 29.3 Å². The molecule has 0 saturated carbocycles. The molecule has 0 spiro atoms. The molecule has 1 amide bonds. The van der Waals surface area contributed by atoms with E-state index >= 15 is 0 Å². The summed E-state index contributed by atoms with van der Waals surface area (Å²) in [6.07, 6.45) is -4.28. The molecule has 2 aromatic heterocycles. The first kappa shape index (κ1) is 20.1. The Morgan fingerprint density at radius 3 is 2.45 bits per heavy atom. The third-order valence-corrected chi connectivity index (χ3v) is 4.51. The number of rotatable bonds is 4. The van der Waals surface area contributed by atoms with Crippen LogP contribution in [0.1, 0.15) is 26.4 Å². The second-order valence-corrected chi connectivity index (χ2v) is 6.54. The van der Waals surface area contributed by atoms with Crippen LogP contribution >= 0.6 is 0 Å². The van der Waals surface area contributed by atoms with Crippen molar-refractivity contribution in [2.45, 2.75) is 6.18 Å². The van der Waals surface area contributed by atoms with Gasteiger partial charge in [0.2, 0.25) is 0 Å². The maximum absolute atomic E-state index is 13.3. The monoisotopic (exact) mass is 430 g/mol. The van der Waals surface area contributed by atoms with Crippen molar-refractivity contribution in [2.75, 3.05) is 5.32 Å². The number of anilines is 1. The van der Waals surface area contributed by atoms with Gasteiger partial charge in [0.15, 0.2) is 5.69 Å². The average Bonchev–Trinajstić information content (AvgIpc) is 3.33. The number of amides is 1. The smallest absolute Gasteiger partial charge is 0.434 e. The number of carbonyl (C=O) groups excluding carboxylic acids is 1. The Balaban J connectivity index is 1.58. The highest BCUT2D eigenvalue weighted by Crippen LogP contribution is 2.33. The van der Waals surface area contributed by atoms with E-state index in [9.17, 15) is 22.8 Å². The fraction of sp³-hybridized carbons (Fsp3) is 0.105. The van der Waals surface area contributed by atoms with E-state index in [4.69, 9.17) is 5.11 Å². The number of aromatic carboxylic acids is 1. The minimum absolute atomic E-state index is 0.0150. The number of aryl methyl sites for hydroxylation is 1. The molecular formula is C19H13F3N6O3. The SMILES string of the molecule is Cn1nnc2cc(C(=O)Nc3ccc(-n4ncc(C(=O)O)c4C(F)(F)F)cc3)ccc21. The molecule has 9 nitrogen and oxygen atoms in total. The molecule has 2 heterocycles. The molecule has 4 rings (SSSR count). The van der Waals surface area contributed by atoms with E-state index in [1.54, 1.807) is 29.9 Å². The molecule has 0 aliphatic heterocycles. The van der Waals surface area contributed by atoms with Crippen LogP contribution in [0.4, 0.5) is 18.9 Å². The highest BCUT2D eigenvalue weighted by atomic mass is 19.4. The Labute approximate surface area is 171 Å². The van der Waals surface area contributed by atoms with Gasteiger partial charge in [0, 0.05) is 18.3 Å². The number of carboxylic acid groups (broad SMARTS) is 1. The minimum Gasteiger partial charge on any atom is -0.478 e. The van der Waals surface area contributed by atoms with Gasteiger partial charge in [-0.25, -0.2) is 14.2 Å². The van der Waals surface area contributed by atoms with Crippen molar-refractivity contribution < 1.29 is 27.9 Å². The summed E-state index contributed by atoms with van der Waals surface area (Å²) in [7, 11) is 1.72. The van der Waals surface area contributed by atoms with Gasteiger partial charge in [0.1, 0.15) is 11.1 Å². The molecule has 2 aromatic carbocycles. The first-order valence-electron chi connectivity index (χ1n) is 8.75. The Kier molecular flexibility index (Phi) is 4.68. The summed E-state index contributed by atoms with van der Waals surface area (Å²) in [5.74, 6) is -2.17. The third kappa shape index (κ3) is 3.70. The van der Waals surface area contributed by atoms with E-state index in [0.29, 0.717) is 27.6 Å². The number of carboxylic acids is 1. The Morgan fingerprint density at radius 2 is 1.81 bits per heavy atom. The molecule has 2 N–H and O–H groups in total. The molecule has 12 heteroatoms. The zero-order valence-corrected chi connectivity index (χ0v) is 15.8. The number of halogens is 3. The van der Waals surface area contributed by atoms with Gasteiger partial charge in [-0.05, 0) is 42.5 Å². The van der Waals surface area contributed by atoms with E-state index in [2.05, 4.69) is 20.7 Å². The fourth-order valence-electron chi connectivity index (χ4n) is 3.04. The van der Waals surface area contributed by atoms with Gasteiger partial charge in [0.25, 0.3) is 5.91 Å². The summed E-state index contributed by atoms with van der Waals surface area (Å²) < 4.78 is 42.1. The normalized spacial score (nSPS) is 11.6. The molecule has 0 bridgehead atoms. The molecule has 0 atom stereocenters. The standard InChI is InChI=1S/C19H13F3N6O3/c1-27-15-7-2-10(8-14(15)25-26-27)17(29)24-11-3-5-12(6-4-11)28-16(19(20,21)22)13(9-23-28)18(30)31/h2-9H,1H3,(H,24,29)(H,30,31). The van der Waals surface area contributed by atoms with Crippen molar-refractivity contribution >= 4 is 28.6 Å². The highest BCUT2D eigenvalue weighted by molar-refractivity contribution is 6.05. The van der Waals surface area contributed by atoms with Gasteiger partial charge in [0.05, 0.1) is 17.4 Å². The molecule has 4 aromatic rings. The third-order valence-electron chi connectivity index (χ3n) is 4.51. The molecule has 0 aliphatic carbocycles. The van der Waals surface area contributed by atoms with Crippen LogP contribution in [-0.2, 0) is 13.2 Å². The largest absolute Gasteiger partial charge is 0.478 e. The molecule has 0 saturated heterocycles. The quantitative estimate of drug-likeness (QED) is 0.514. The van der Waals surface area contributed by atoms with Crippen molar-refractivity contribution in [3.8, 4) is 5.69 Å². The zero-order chi connectivity index (χ0) is 22.3. The number of alkyl halides is 3. The van der Waals surface area contributed by atoms with Gasteiger partial charge in [-0.2, -0.15) is 18.3 Å². The lowest BCUT2D eigenvalue weighted by atomic mass is 10.1. The summed E-state index contributed by atoms with van der Waals surface area (Å²) in [5, 5.41) is 23.0. The molecule has 0 aliphatic rings. The van der Waals surface area contributed by atoms with Crippen LogP contribution in [-0.4, -0.2) is 41.8 Å². The van der Waals surface area contributed by atoms with E-state index in [0.717, 1.165) is 5.52 Å². The molecular weight excluding hydrogens is 417 g/mol. The lowest BCUT2D eigenvalue weighted by Crippen LogP contribution is -2.17. The molecule has 158 valence electrons. The second-order valence-electron chi connectivity index (χ2n) is 6.54. The van der Waals surface area contributed by atoms with Crippen LogP contribution in [0.5, 0.6) is 0 Å². The summed E-state index contributed by atoms with van der Waals surface area (Å²) in [4.78, 5) is 23.6. The van der Waals surface area contributed by atoms with Crippen LogP contribution in [0.25, 0.3) is 16.7 Å². The van der Waals surface area contributed by atoms with Gasteiger partial charge >= 0.3 is 12.1 Å². The number of fused-ring (bicyclic) bond motifs is 1. The molecule has 31 heavy (non-hydrogen) atoms. The van der Waals surface area contributed by atoms with Gasteiger partial charge < -0.3 is 10.4 Å². The average molecular weight is 430 g/mol. The van der Waals surface area contributed by atoms with Crippen LogP contribution in [0.15, 0.2) is 48.7 Å². The van der Waals surface area contributed by atoms with E-state index in [-0.39, 0.29) is 5.69 Å². The Hall–Kier alpha value is -4.22. The van der Waals surface area contributed by atoms with E-state index in [1.165, 1.54) is 24.3 Å². The second kappa shape index (κ2) is 7.23. The van der Waals surface area contributed by atoms with Crippen LogP contribution < -0.4 is 5.32 Å². The first-order chi connectivity index (χ1) is 14.6. The summed E-state index contributed by atoms with van der Waals surface area (Å²) in [6.45, 7) is 0. The van der Waals surface area contributed by atoms with Crippen LogP contribution in [0, 0.1) is 0 Å². The topological polar surface area (TPSA) is 115 Å². The number of nitrogens with one attached hydrogen (secondary N) is 1. The van der Waals surface area contributed by atoms with Gasteiger partial charge in [-0.15, -0.1) is 5.10 Å². The first-order valence-corrected chi connectivity index (χ1v) is 8.75. The van der Waals surface area contributed by atoms with Crippen molar-refractivity contribution in [2.24, 2.45) is 7.05 Å². The predicted molar refractivity (Wildman–Crippen MR) is 102 cm³/mol.